The van der Waals surface area contributed by atoms with Gasteiger partial charge in [0, 0.05) is 13.0 Å². The summed E-state index contributed by atoms with van der Waals surface area (Å²) in [5.74, 6) is -0.707. The number of carboxylic acids is 1. The second-order valence-corrected chi connectivity index (χ2v) is 9.56. The van der Waals surface area contributed by atoms with Crippen LogP contribution in [0.15, 0.2) is 24.3 Å². The Labute approximate surface area is 184 Å². The van der Waals surface area contributed by atoms with Crippen molar-refractivity contribution in [3.8, 4) is 0 Å². The standard InChI is InChI=1S/C24H35NO4S/c1-3-4-5-6-7-11-22-25(23(27)21(30-22)17-18(2)26)16-9-8-10-19-12-14-20(15-13-19)24(28)29/h12-15,21-22H,3-11,16-17H2,1-2H3,(H,28,29)/t21-,22-/m0/s1. The Bertz CT molecular complexity index is 704. The van der Waals surface area contributed by atoms with Crippen LogP contribution in [0.25, 0.3) is 0 Å². The van der Waals surface area contributed by atoms with Crippen molar-refractivity contribution in [2.45, 2.75) is 88.7 Å². The van der Waals surface area contributed by atoms with Crippen LogP contribution in [-0.2, 0) is 16.0 Å². The zero-order valence-corrected chi connectivity index (χ0v) is 19.1. The maximum absolute atomic E-state index is 12.8. The van der Waals surface area contributed by atoms with E-state index in [-0.39, 0.29) is 22.3 Å². The first-order valence-electron chi connectivity index (χ1n) is 11.2. The summed E-state index contributed by atoms with van der Waals surface area (Å²) in [5, 5.41) is 8.96. The SMILES string of the molecule is CCCCCCC[C@@H]1S[C@@H](CC(C)=O)C(=O)N1CCCCc1ccc(C(=O)O)cc1. The highest BCUT2D eigenvalue weighted by molar-refractivity contribution is 8.01. The molecule has 30 heavy (non-hydrogen) atoms. The Balaban J connectivity index is 1.83. The first-order valence-corrected chi connectivity index (χ1v) is 12.1. The molecule has 1 aliphatic rings. The lowest BCUT2D eigenvalue weighted by atomic mass is 10.1. The smallest absolute Gasteiger partial charge is 0.335 e. The number of carbonyl (C=O) groups excluding carboxylic acids is 2. The van der Waals surface area contributed by atoms with Gasteiger partial charge >= 0.3 is 5.97 Å². The third-order valence-electron chi connectivity index (χ3n) is 5.57. The third-order valence-corrected chi connectivity index (χ3v) is 7.07. The fourth-order valence-electron chi connectivity index (χ4n) is 3.87. The molecule has 0 unspecified atom stereocenters. The highest BCUT2D eigenvalue weighted by Gasteiger charge is 2.39. The van der Waals surface area contributed by atoms with Gasteiger partial charge in [-0.2, -0.15) is 0 Å². The zero-order chi connectivity index (χ0) is 21.9. The second kappa shape index (κ2) is 12.8. The molecule has 2 atom stereocenters. The average molecular weight is 434 g/mol. The van der Waals surface area contributed by atoms with Gasteiger partial charge in [-0.1, -0.05) is 51.2 Å². The first kappa shape index (κ1) is 24.4. The molecule has 1 aromatic carbocycles. The molecular formula is C24H35NO4S. The van der Waals surface area contributed by atoms with Gasteiger partial charge in [-0.3, -0.25) is 9.59 Å². The van der Waals surface area contributed by atoms with Gasteiger partial charge in [0.05, 0.1) is 16.2 Å². The Morgan fingerprint density at radius 2 is 1.73 bits per heavy atom. The topological polar surface area (TPSA) is 74.7 Å². The molecule has 0 aliphatic carbocycles. The van der Waals surface area contributed by atoms with Gasteiger partial charge in [-0.25, -0.2) is 4.79 Å². The minimum atomic E-state index is -0.910. The van der Waals surface area contributed by atoms with Crippen LogP contribution in [0.2, 0.25) is 0 Å². The lowest BCUT2D eigenvalue weighted by Gasteiger charge is -2.24. The van der Waals surface area contributed by atoms with E-state index < -0.39 is 5.97 Å². The van der Waals surface area contributed by atoms with Crippen molar-refractivity contribution in [2.24, 2.45) is 0 Å². The number of nitrogens with zero attached hydrogens (tertiary/aromatic N) is 1. The predicted molar refractivity (Wildman–Crippen MR) is 122 cm³/mol. The molecule has 0 spiro atoms. The van der Waals surface area contributed by atoms with Crippen molar-refractivity contribution in [3.63, 3.8) is 0 Å². The molecule has 0 radical (unpaired) electrons. The molecule has 0 aromatic heterocycles. The van der Waals surface area contributed by atoms with Crippen molar-refractivity contribution in [1.82, 2.24) is 4.90 Å². The van der Waals surface area contributed by atoms with Gasteiger partial charge in [0.15, 0.2) is 0 Å². The van der Waals surface area contributed by atoms with E-state index in [1.807, 2.05) is 17.0 Å². The van der Waals surface area contributed by atoms with E-state index in [4.69, 9.17) is 5.11 Å². The number of benzene rings is 1. The molecule has 0 saturated carbocycles. The molecule has 1 amide bonds. The Kier molecular flexibility index (Phi) is 10.4. The number of amides is 1. The van der Waals surface area contributed by atoms with Gasteiger partial charge in [0.1, 0.15) is 5.78 Å². The number of aromatic carboxylic acids is 1. The van der Waals surface area contributed by atoms with Crippen LogP contribution in [0, 0.1) is 0 Å². The quantitative estimate of drug-likeness (QED) is 0.402. The van der Waals surface area contributed by atoms with Crippen molar-refractivity contribution in [1.29, 1.82) is 0 Å². The average Bonchev–Trinajstić information content (AvgIpc) is 2.99. The van der Waals surface area contributed by atoms with E-state index in [2.05, 4.69) is 6.92 Å². The van der Waals surface area contributed by atoms with E-state index in [1.165, 1.54) is 25.7 Å². The van der Waals surface area contributed by atoms with Crippen LogP contribution in [0.3, 0.4) is 0 Å². The number of hydrogen-bond donors (Lipinski definition) is 1. The van der Waals surface area contributed by atoms with Gasteiger partial charge < -0.3 is 10.0 Å². The Morgan fingerprint density at radius 1 is 1.03 bits per heavy atom. The number of carboxylic acid groups (broad SMARTS) is 1. The minimum Gasteiger partial charge on any atom is -0.478 e. The number of rotatable bonds is 14. The van der Waals surface area contributed by atoms with Gasteiger partial charge in [0.25, 0.3) is 0 Å². The summed E-state index contributed by atoms with van der Waals surface area (Å²) >= 11 is 1.68. The fourth-order valence-corrected chi connectivity index (χ4v) is 5.49. The number of carbonyl (C=O) groups is 3. The molecule has 1 fully saturated rings. The van der Waals surface area contributed by atoms with Crippen molar-refractivity contribution in [3.05, 3.63) is 35.4 Å². The van der Waals surface area contributed by atoms with Crippen LogP contribution in [0.5, 0.6) is 0 Å². The highest BCUT2D eigenvalue weighted by Crippen LogP contribution is 2.36. The molecule has 1 saturated heterocycles. The summed E-state index contributed by atoms with van der Waals surface area (Å²) in [4.78, 5) is 37.3. The lowest BCUT2D eigenvalue weighted by molar-refractivity contribution is -0.131. The van der Waals surface area contributed by atoms with E-state index >= 15 is 0 Å². The number of aryl methyl sites for hydroxylation is 1. The van der Waals surface area contributed by atoms with E-state index in [0.29, 0.717) is 12.0 Å². The second-order valence-electron chi connectivity index (χ2n) is 8.18. The maximum atomic E-state index is 12.8. The predicted octanol–water partition coefficient (Wildman–Crippen LogP) is 5.32. The van der Waals surface area contributed by atoms with Crippen LogP contribution < -0.4 is 0 Å². The number of unbranched alkanes of at least 4 members (excludes halogenated alkanes) is 5. The van der Waals surface area contributed by atoms with E-state index in [0.717, 1.165) is 44.2 Å². The van der Waals surface area contributed by atoms with Gasteiger partial charge in [0.2, 0.25) is 5.91 Å². The first-order chi connectivity index (χ1) is 14.4. The largest absolute Gasteiger partial charge is 0.478 e. The van der Waals surface area contributed by atoms with Crippen molar-refractivity contribution in [2.75, 3.05) is 6.54 Å². The Hall–Kier alpha value is -1.82. The minimum absolute atomic E-state index is 0.0780. The maximum Gasteiger partial charge on any atom is 0.335 e. The number of Topliss-reactive ketones (excluding diaryl/α,β-unsaturated/α-hetero) is 1. The summed E-state index contributed by atoms with van der Waals surface area (Å²) in [6.45, 7) is 4.50. The molecule has 1 aromatic rings. The van der Waals surface area contributed by atoms with Crippen LogP contribution in [-0.4, -0.2) is 44.8 Å². The lowest BCUT2D eigenvalue weighted by Crippen LogP contribution is -2.35. The van der Waals surface area contributed by atoms with Crippen LogP contribution in [0.1, 0.15) is 87.6 Å². The molecule has 0 bridgehead atoms. The number of hydrogen-bond acceptors (Lipinski definition) is 4. The van der Waals surface area contributed by atoms with E-state index in [1.54, 1.807) is 30.8 Å². The molecule has 1 aliphatic heterocycles. The van der Waals surface area contributed by atoms with Crippen molar-refractivity contribution < 1.29 is 19.5 Å². The summed E-state index contributed by atoms with van der Waals surface area (Å²) in [7, 11) is 0. The summed E-state index contributed by atoms with van der Waals surface area (Å²) < 4.78 is 0. The Morgan fingerprint density at radius 3 is 2.37 bits per heavy atom. The molecule has 2 rings (SSSR count). The third kappa shape index (κ3) is 7.78. The van der Waals surface area contributed by atoms with Gasteiger partial charge in [-0.05, 0) is 50.3 Å². The summed E-state index contributed by atoms with van der Waals surface area (Å²) in [6.07, 6.45) is 10.1. The molecular weight excluding hydrogens is 398 g/mol. The summed E-state index contributed by atoms with van der Waals surface area (Å²) in [5.41, 5.74) is 1.42. The molecule has 6 heteroatoms. The zero-order valence-electron chi connectivity index (χ0n) is 18.3. The van der Waals surface area contributed by atoms with E-state index in [9.17, 15) is 14.4 Å². The van der Waals surface area contributed by atoms with Gasteiger partial charge in [-0.15, -0.1) is 11.8 Å². The fraction of sp³-hybridized carbons (Fsp3) is 0.625. The number of ketones is 1. The highest BCUT2D eigenvalue weighted by atomic mass is 32.2. The van der Waals surface area contributed by atoms with Crippen LogP contribution >= 0.6 is 11.8 Å². The molecule has 1 heterocycles. The number of thioether (sulfide) groups is 1. The monoisotopic (exact) mass is 433 g/mol. The summed E-state index contributed by atoms with van der Waals surface area (Å²) in [6, 6.07) is 7.00. The van der Waals surface area contributed by atoms with Crippen molar-refractivity contribution >= 4 is 29.4 Å². The molecule has 1 N–H and O–H groups in total. The van der Waals surface area contributed by atoms with Crippen LogP contribution in [0.4, 0.5) is 0 Å². The normalized spacial score (nSPS) is 18.7. The molecule has 5 nitrogen and oxygen atoms in total. The molecule has 166 valence electrons.